The van der Waals surface area contributed by atoms with E-state index in [1.54, 1.807) is 6.20 Å². The summed E-state index contributed by atoms with van der Waals surface area (Å²) in [6.45, 7) is 8.66. The predicted octanol–water partition coefficient (Wildman–Crippen LogP) is 3.98. The van der Waals surface area contributed by atoms with Gasteiger partial charge in [-0.15, -0.1) is 0 Å². The first-order valence-electron chi connectivity index (χ1n) is 11.3. The van der Waals surface area contributed by atoms with Crippen molar-refractivity contribution in [1.82, 2.24) is 25.0 Å². The Bertz CT molecular complexity index is 963. The van der Waals surface area contributed by atoms with Gasteiger partial charge in [-0.25, -0.2) is 14.5 Å². The number of likely N-dealkylation sites (tertiary alicyclic amines) is 1. The minimum absolute atomic E-state index is 0.0113. The maximum Gasteiger partial charge on any atom is 0.407 e. The lowest BCUT2D eigenvalue weighted by atomic mass is 10.0. The van der Waals surface area contributed by atoms with Gasteiger partial charge < -0.3 is 15.0 Å². The number of aromatic nitrogens is 3. The van der Waals surface area contributed by atoms with Crippen LogP contribution in [0.4, 0.5) is 4.79 Å². The Morgan fingerprint density at radius 2 is 1.81 bits per heavy atom. The third-order valence-electron chi connectivity index (χ3n) is 6.10. The summed E-state index contributed by atoms with van der Waals surface area (Å²) in [5, 5.41) is 8.36. The molecular formula is C23H33N5O3. The number of aryl methyl sites for hydroxylation is 1. The molecular weight excluding hydrogens is 394 g/mol. The van der Waals surface area contributed by atoms with E-state index in [1.807, 2.05) is 43.3 Å². The number of amides is 2. The highest BCUT2D eigenvalue weighted by Crippen LogP contribution is 2.32. The number of pyridine rings is 1. The van der Waals surface area contributed by atoms with Gasteiger partial charge >= 0.3 is 6.09 Å². The van der Waals surface area contributed by atoms with Crippen molar-refractivity contribution < 1.29 is 14.3 Å². The Labute approximate surface area is 183 Å². The van der Waals surface area contributed by atoms with Gasteiger partial charge in [0, 0.05) is 24.8 Å². The van der Waals surface area contributed by atoms with Crippen molar-refractivity contribution >= 4 is 23.0 Å². The van der Waals surface area contributed by atoms with Crippen molar-refractivity contribution in [2.45, 2.75) is 83.9 Å². The first-order valence-corrected chi connectivity index (χ1v) is 11.3. The normalized spacial score (nSPS) is 18.5. The van der Waals surface area contributed by atoms with E-state index >= 15 is 0 Å². The summed E-state index contributed by atoms with van der Waals surface area (Å²) in [4.78, 5) is 32.0. The highest BCUT2D eigenvalue weighted by atomic mass is 16.6. The molecule has 2 aliphatic rings. The molecule has 2 fully saturated rings. The monoisotopic (exact) mass is 427 g/mol. The van der Waals surface area contributed by atoms with Crippen LogP contribution in [0.5, 0.6) is 0 Å². The number of carbonyl (C=O) groups is 2. The van der Waals surface area contributed by atoms with Crippen molar-refractivity contribution in [2.24, 2.45) is 0 Å². The van der Waals surface area contributed by atoms with Gasteiger partial charge in [0.2, 0.25) is 0 Å². The molecule has 0 bridgehead atoms. The van der Waals surface area contributed by atoms with Crippen LogP contribution in [0.2, 0.25) is 0 Å². The van der Waals surface area contributed by atoms with E-state index in [0.29, 0.717) is 37.5 Å². The summed E-state index contributed by atoms with van der Waals surface area (Å²) in [5.74, 6) is 0.0113. The lowest BCUT2D eigenvalue weighted by Gasteiger charge is -2.33. The quantitative estimate of drug-likeness (QED) is 0.800. The number of nitrogens with one attached hydrogen (secondary N) is 1. The average Bonchev–Trinajstić information content (AvgIpc) is 3.35. The smallest absolute Gasteiger partial charge is 0.407 e. The molecule has 1 aliphatic carbocycles. The molecule has 2 aromatic heterocycles. The van der Waals surface area contributed by atoms with Crippen molar-refractivity contribution in [3.8, 4) is 0 Å². The van der Waals surface area contributed by atoms with Gasteiger partial charge in [0.15, 0.2) is 5.65 Å². The Balaban J connectivity index is 1.45. The molecule has 0 aromatic carbocycles. The Hall–Kier alpha value is -2.64. The molecule has 0 atom stereocenters. The van der Waals surface area contributed by atoms with Crippen LogP contribution < -0.4 is 5.32 Å². The first-order chi connectivity index (χ1) is 14.7. The van der Waals surface area contributed by atoms with E-state index < -0.39 is 11.7 Å². The Kier molecular flexibility index (Phi) is 5.90. The standard InChI is InChI=1S/C23H33N5O3/c1-15-13-18(19-14-24-28(20(19)25-15)17-7-5-6-8-17)21(29)27-11-9-16(10-12-27)26-22(30)31-23(2,3)4/h13-14,16-17H,5-12H2,1-4H3,(H,26,30). The minimum Gasteiger partial charge on any atom is -0.444 e. The third kappa shape index (κ3) is 4.83. The van der Waals surface area contributed by atoms with Crippen LogP contribution in [-0.4, -0.2) is 56.4 Å². The van der Waals surface area contributed by atoms with Crippen molar-refractivity contribution in [2.75, 3.05) is 13.1 Å². The van der Waals surface area contributed by atoms with Gasteiger partial charge in [-0.3, -0.25) is 4.79 Å². The van der Waals surface area contributed by atoms with Crippen molar-refractivity contribution in [1.29, 1.82) is 0 Å². The molecule has 4 rings (SSSR count). The van der Waals surface area contributed by atoms with Crippen LogP contribution in [0.3, 0.4) is 0 Å². The summed E-state index contributed by atoms with van der Waals surface area (Å²) < 4.78 is 7.36. The molecule has 0 unspecified atom stereocenters. The number of hydrogen-bond donors (Lipinski definition) is 1. The maximum absolute atomic E-state index is 13.4. The zero-order chi connectivity index (χ0) is 22.2. The number of piperidine rings is 1. The fourth-order valence-electron chi connectivity index (χ4n) is 4.61. The highest BCUT2D eigenvalue weighted by molar-refractivity contribution is 6.05. The van der Waals surface area contributed by atoms with Gasteiger partial charge in [-0.2, -0.15) is 5.10 Å². The van der Waals surface area contributed by atoms with E-state index in [2.05, 4.69) is 10.4 Å². The zero-order valence-corrected chi connectivity index (χ0v) is 19.0. The molecule has 1 N–H and O–H groups in total. The topological polar surface area (TPSA) is 89.4 Å². The van der Waals surface area contributed by atoms with Gasteiger partial charge in [0.05, 0.1) is 23.2 Å². The van der Waals surface area contributed by atoms with Crippen molar-refractivity contribution in [3.05, 3.63) is 23.5 Å². The number of rotatable bonds is 3. The summed E-state index contributed by atoms with van der Waals surface area (Å²) in [5.41, 5.74) is 1.80. The van der Waals surface area contributed by atoms with E-state index in [0.717, 1.165) is 29.6 Å². The largest absolute Gasteiger partial charge is 0.444 e. The van der Waals surface area contributed by atoms with Crippen LogP contribution in [0.25, 0.3) is 11.0 Å². The molecule has 2 aromatic rings. The molecule has 3 heterocycles. The van der Waals surface area contributed by atoms with E-state index in [1.165, 1.54) is 12.8 Å². The molecule has 1 aliphatic heterocycles. The van der Waals surface area contributed by atoms with Crippen LogP contribution >= 0.6 is 0 Å². The van der Waals surface area contributed by atoms with Crippen LogP contribution in [0.15, 0.2) is 12.3 Å². The molecule has 0 spiro atoms. The molecule has 1 saturated heterocycles. The zero-order valence-electron chi connectivity index (χ0n) is 19.0. The van der Waals surface area contributed by atoms with E-state index in [4.69, 9.17) is 9.72 Å². The van der Waals surface area contributed by atoms with E-state index in [-0.39, 0.29) is 11.9 Å². The first kappa shape index (κ1) is 21.6. The van der Waals surface area contributed by atoms with Gasteiger partial charge in [-0.05, 0) is 59.4 Å². The second kappa shape index (κ2) is 8.48. The third-order valence-corrected chi connectivity index (χ3v) is 6.10. The number of carbonyl (C=O) groups excluding carboxylic acids is 2. The molecule has 8 heteroatoms. The lowest BCUT2D eigenvalue weighted by Crippen LogP contribution is -2.47. The minimum atomic E-state index is -0.520. The summed E-state index contributed by atoms with van der Waals surface area (Å²) in [6, 6.07) is 2.27. The van der Waals surface area contributed by atoms with Gasteiger partial charge in [0.1, 0.15) is 5.60 Å². The maximum atomic E-state index is 13.4. The molecule has 0 radical (unpaired) electrons. The molecule has 8 nitrogen and oxygen atoms in total. The van der Waals surface area contributed by atoms with Crippen LogP contribution in [0.1, 0.15) is 81.4 Å². The fourth-order valence-corrected chi connectivity index (χ4v) is 4.61. The molecule has 2 amide bonds. The molecule has 168 valence electrons. The predicted molar refractivity (Wildman–Crippen MR) is 118 cm³/mol. The Morgan fingerprint density at radius 1 is 1.13 bits per heavy atom. The Morgan fingerprint density at radius 3 is 2.45 bits per heavy atom. The number of hydrogen-bond acceptors (Lipinski definition) is 5. The second-order valence-corrected chi connectivity index (χ2v) is 9.79. The van der Waals surface area contributed by atoms with Crippen LogP contribution in [0, 0.1) is 6.92 Å². The van der Waals surface area contributed by atoms with Crippen molar-refractivity contribution in [3.63, 3.8) is 0 Å². The highest BCUT2D eigenvalue weighted by Gasteiger charge is 2.29. The van der Waals surface area contributed by atoms with Crippen LogP contribution in [-0.2, 0) is 4.74 Å². The summed E-state index contributed by atoms with van der Waals surface area (Å²) in [7, 11) is 0. The van der Waals surface area contributed by atoms with E-state index in [9.17, 15) is 9.59 Å². The number of alkyl carbamates (subject to hydrolysis) is 1. The summed E-state index contributed by atoms with van der Waals surface area (Å²) in [6.07, 6.45) is 7.49. The molecule has 31 heavy (non-hydrogen) atoms. The fraction of sp³-hybridized carbons (Fsp3) is 0.652. The number of fused-ring (bicyclic) bond motifs is 1. The molecule has 1 saturated carbocycles. The summed E-state index contributed by atoms with van der Waals surface area (Å²) >= 11 is 0. The lowest BCUT2D eigenvalue weighted by molar-refractivity contribution is 0.0474. The van der Waals surface area contributed by atoms with Gasteiger partial charge in [-0.1, -0.05) is 12.8 Å². The second-order valence-electron chi connectivity index (χ2n) is 9.79. The van der Waals surface area contributed by atoms with Gasteiger partial charge in [0.25, 0.3) is 5.91 Å². The number of nitrogens with zero attached hydrogens (tertiary/aromatic N) is 4. The number of ether oxygens (including phenoxy) is 1. The average molecular weight is 428 g/mol. The SMILES string of the molecule is Cc1cc(C(=O)N2CCC(NC(=O)OC(C)(C)C)CC2)c2cnn(C3CCCC3)c2n1.